The van der Waals surface area contributed by atoms with Gasteiger partial charge in [-0.05, 0) is 32.5 Å². The first-order valence-corrected chi connectivity index (χ1v) is 5.18. The van der Waals surface area contributed by atoms with Gasteiger partial charge in [-0.15, -0.1) is 0 Å². The number of hydrogen-bond donors (Lipinski definition) is 0. The van der Waals surface area contributed by atoms with Gasteiger partial charge in [-0.3, -0.25) is 14.7 Å². The lowest BCUT2D eigenvalue weighted by Gasteiger charge is -2.23. The van der Waals surface area contributed by atoms with Crippen LogP contribution >= 0.6 is 0 Å². The maximum absolute atomic E-state index is 11.0. The van der Waals surface area contributed by atoms with Gasteiger partial charge in [0.05, 0.1) is 0 Å². The molecule has 15 heavy (non-hydrogen) atoms. The van der Waals surface area contributed by atoms with Crippen molar-refractivity contribution in [1.82, 2.24) is 9.88 Å². The summed E-state index contributed by atoms with van der Waals surface area (Å²) in [6, 6.07) is 4.26. The molecule has 1 heterocycles. The summed E-state index contributed by atoms with van der Waals surface area (Å²) < 4.78 is 0. The number of nitrogens with zero attached hydrogens (tertiary/aromatic N) is 2. The van der Waals surface area contributed by atoms with Gasteiger partial charge < -0.3 is 0 Å². The summed E-state index contributed by atoms with van der Waals surface area (Å²) in [6.07, 6.45) is 4.23. The monoisotopic (exact) mass is 206 g/mol. The van der Waals surface area contributed by atoms with E-state index in [0.717, 1.165) is 6.54 Å². The summed E-state index contributed by atoms with van der Waals surface area (Å²) >= 11 is 0. The van der Waals surface area contributed by atoms with Crippen molar-refractivity contribution in [2.45, 2.75) is 32.9 Å². The average molecular weight is 206 g/mol. The third-order valence-electron chi connectivity index (χ3n) is 2.49. The molecule has 3 heteroatoms. The zero-order valence-electron chi connectivity index (χ0n) is 9.60. The number of ketones is 1. The van der Waals surface area contributed by atoms with Crippen molar-refractivity contribution in [3.8, 4) is 0 Å². The highest BCUT2D eigenvalue weighted by Crippen LogP contribution is 2.07. The highest BCUT2D eigenvalue weighted by atomic mass is 16.1. The van der Waals surface area contributed by atoms with E-state index >= 15 is 0 Å². The number of aromatic nitrogens is 1. The molecule has 1 aromatic rings. The van der Waals surface area contributed by atoms with E-state index in [-0.39, 0.29) is 11.8 Å². The van der Waals surface area contributed by atoms with Gasteiger partial charge in [-0.2, -0.15) is 0 Å². The van der Waals surface area contributed by atoms with Gasteiger partial charge in [0.1, 0.15) is 5.78 Å². The van der Waals surface area contributed by atoms with E-state index in [1.807, 2.05) is 25.4 Å². The van der Waals surface area contributed by atoms with Crippen molar-refractivity contribution < 1.29 is 4.79 Å². The molecule has 1 unspecified atom stereocenters. The number of Topliss-reactive ketones (excluding diaryl/α,β-unsaturated/α-hetero) is 1. The molecule has 0 aromatic carbocycles. The zero-order valence-corrected chi connectivity index (χ0v) is 9.60. The number of hydrogen-bond acceptors (Lipinski definition) is 3. The molecular weight excluding hydrogens is 188 g/mol. The Labute approximate surface area is 91.1 Å². The topological polar surface area (TPSA) is 33.2 Å². The Kier molecular flexibility index (Phi) is 4.43. The Morgan fingerprint density at radius 2 is 2.33 bits per heavy atom. The van der Waals surface area contributed by atoms with Crippen LogP contribution in [-0.4, -0.2) is 28.8 Å². The number of pyridine rings is 1. The molecule has 1 rings (SSSR count). The van der Waals surface area contributed by atoms with Gasteiger partial charge in [0.25, 0.3) is 0 Å². The van der Waals surface area contributed by atoms with E-state index in [1.54, 1.807) is 13.1 Å². The molecule has 0 saturated heterocycles. The summed E-state index contributed by atoms with van der Waals surface area (Å²) in [5.41, 5.74) is 1.18. The number of carbonyl (C=O) groups is 1. The maximum Gasteiger partial charge on any atom is 0.131 e. The van der Waals surface area contributed by atoms with Crippen LogP contribution < -0.4 is 0 Å². The highest BCUT2D eigenvalue weighted by Gasteiger charge is 2.11. The van der Waals surface area contributed by atoms with Crippen molar-refractivity contribution >= 4 is 5.78 Å². The fourth-order valence-corrected chi connectivity index (χ4v) is 1.51. The molecule has 1 aromatic heterocycles. The molecule has 3 nitrogen and oxygen atoms in total. The zero-order chi connectivity index (χ0) is 11.3. The minimum absolute atomic E-state index is 0.237. The van der Waals surface area contributed by atoms with Crippen LogP contribution in [0.1, 0.15) is 25.8 Å². The van der Waals surface area contributed by atoms with E-state index in [4.69, 9.17) is 0 Å². The van der Waals surface area contributed by atoms with Gasteiger partial charge in [0, 0.05) is 31.4 Å². The third-order valence-corrected chi connectivity index (χ3v) is 2.49. The predicted octanol–water partition coefficient (Wildman–Crippen LogP) is 1.88. The second-order valence-corrected chi connectivity index (χ2v) is 4.03. The Morgan fingerprint density at radius 3 is 2.87 bits per heavy atom. The van der Waals surface area contributed by atoms with Gasteiger partial charge in [0.2, 0.25) is 0 Å². The molecular formula is C12H18N2O. The molecule has 0 saturated carbocycles. The van der Waals surface area contributed by atoms with Crippen LogP contribution in [0.3, 0.4) is 0 Å². The lowest BCUT2D eigenvalue weighted by atomic mass is 10.1. The van der Waals surface area contributed by atoms with Crippen molar-refractivity contribution in [1.29, 1.82) is 0 Å². The largest absolute Gasteiger partial charge is 0.300 e. The number of rotatable bonds is 5. The summed E-state index contributed by atoms with van der Waals surface area (Å²) in [6.45, 7) is 4.54. The smallest absolute Gasteiger partial charge is 0.131 e. The summed E-state index contributed by atoms with van der Waals surface area (Å²) in [5, 5.41) is 0. The highest BCUT2D eigenvalue weighted by molar-refractivity contribution is 5.76. The van der Waals surface area contributed by atoms with Crippen LogP contribution in [0.25, 0.3) is 0 Å². The Morgan fingerprint density at radius 1 is 1.60 bits per heavy atom. The molecule has 82 valence electrons. The minimum Gasteiger partial charge on any atom is -0.300 e. The van der Waals surface area contributed by atoms with Gasteiger partial charge >= 0.3 is 0 Å². The van der Waals surface area contributed by atoms with Crippen molar-refractivity contribution in [3.05, 3.63) is 30.1 Å². The molecule has 1 atom stereocenters. The lowest BCUT2D eigenvalue weighted by Crippen LogP contribution is -2.30. The van der Waals surface area contributed by atoms with E-state index < -0.39 is 0 Å². The summed E-state index contributed by atoms with van der Waals surface area (Å²) in [5.74, 6) is 0.237. The standard InChI is InChI=1S/C12H18N2O/c1-10(7-11(2)15)14(3)9-12-5-4-6-13-8-12/h4-6,8,10H,7,9H2,1-3H3. The molecule has 0 bridgehead atoms. The second-order valence-electron chi connectivity index (χ2n) is 4.03. The first-order valence-electron chi connectivity index (χ1n) is 5.18. The molecule has 0 aliphatic carbocycles. The predicted molar refractivity (Wildman–Crippen MR) is 60.5 cm³/mol. The average Bonchev–Trinajstić information content (AvgIpc) is 2.18. The fraction of sp³-hybridized carbons (Fsp3) is 0.500. The normalized spacial score (nSPS) is 12.8. The van der Waals surface area contributed by atoms with Crippen LogP contribution in [0.5, 0.6) is 0 Å². The Hall–Kier alpha value is -1.22. The first kappa shape index (κ1) is 11.9. The minimum atomic E-state index is 0.237. The summed E-state index contributed by atoms with van der Waals surface area (Å²) in [7, 11) is 2.03. The quantitative estimate of drug-likeness (QED) is 0.737. The van der Waals surface area contributed by atoms with Crippen molar-refractivity contribution in [2.24, 2.45) is 0 Å². The van der Waals surface area contributed by atoms with Crippen LogP contribution in [-0.2, 0) is 11.3 Å². The molecule has 0 fully saturated rings. The van der Waals surface area contributed by atoms with Crippen LogP contribution in [0.4, 0.5) is 0 Å². The molecule has 0 amide bonds. The van der Waals surface area contributed by atoms with Crippen LogP contribution in [0.2, 0.25) is 0 Å². The first-order chi connectivity index (χ1) is 7.09. The van der Waals surface area contributed by atoms with Crippen molar-refractivity contribution in [3.63, 3.8) is 0 Å². The Balaban J connectivity index is 2.48. The lowest BCUT2D eigenvalue weighted by molar-refractivity contribution is -0.118. The van der Waals surface area contributed by atoms with E-state index in [1.165, 1.54) is 5.56 Å². The molecule has 0 radical (unpaired) electrons. The SMILES string of the molecule is CC(=O)CC(C)N(C)Cc1cccnc1. The van der Waals surface area contributed by atoms with Crippen LogP contribution in [0, 0.1) is 0 Å². The van der Waals surface area contributed by atoms with E-state index in [0.29, 0.717) is 6.42 Å². The van der Waals surface area contributed by atoms with Crippen LogP contribution in [0.15, 0.2) is 24.5 Å². The van der Waals surface area contributed by atoms with Crippen molar-refractivity contribution in [2.75, 3.05) is 7.05 Å². The summed E-state index contributed by atoms with van der Waals surface area (Å²) in [4.78, 5) is 17.2. The second kappa shape index (κ2) is 5.61. The van der Waals surface area contributed by atoms with Gasteiger partial charge in [-0.1, -0.05) is 6.07 Å². The van der Waals surface area contributed by atoms with E-state index in [9.17, 15) is 4.79 Å². The van der Waals surface area contributed by atoms with Gasteiger partial charge in [0.15, 0.2) is 0 Å². The van der Waals surface area contributed by atoms with E-state index in [2.05, 4.69) is 16.8 Å². The number of carbonyl (C=O) groups excluding carboxylic acids is 1. The molecule has 0 N–H and O–H groups in total. The molecule has 0 aliphatic heterocycles. The fourth-order valence-electron chi connectivity index (χ4n) is 1.51. The third kappa shape index (κ3) is 4.21. The van der Waals surface area contributed by atoms with Gasteiger partial charge in [-0.25, -0.2) is 0 Å². The Bertz CT molecular complexity index is 311. The molecule has 0 aliphatic rings. The molecule has 0 spiro atoms. The maximum atomic E-state index is 11.0.